The highest BCUT2D eigenvalue weighted by Gasteiger charge is 2.14. The molecule has 0 aliphatic carbocycles. The van der Waals surface area contributed by atoms with Gasteiger partial charge in [0.15, 0.2) is 0 Å². The molecule has 1 aromatic heterocycles. The van der Waals surface area contributed by atoms with Gasteiger partial charge in [0.25, 0.3) is 5.56 Å². The van der Waals surface area contributed by atoms with Crippen LogP contribution in [0.4, 0.5) is 0 Å². The zero-order valence-electron chi connectivity index (χ0n) is 18.2. The van der Waals surface area contributed by atoms with Crippen molar-refractivity contribution in [1.82, 2.24) is 9.66 Å². The Kier molecular flexibility index (Phi) is 8.07. The van der Waals surface area contributed by atoms with Gasteiger partial charge < -0.3 is 4.74 Å². The van der Waals surface area contributed by atoms with Crippen molar-refractivity contribution in [3.8, 4) is 5.75 Å². The normalized spacial score (nSPS) is 11.6. The van der Waals surface area contributed by atoms with Crippen molar-refractivity contribution in [3.63, 3.8) is 0 Å². The molecule has 0 spiro atoms. The van der Waals surface area contributed by atoms with Crippen LogP contribution >= 0.6 is 63.7 Å². The summed E-state index contributed by atoms with van der Waals surface area (Å²) >= 11 is 14.0. The van der Waals surface area contributed by atoms with Crippen molar-refractivity contribution in [2.75, 3.05) is 0 Å². The maximum Gasteiger partial charge on any atom is 0.282 e. The molecule has 0 amide bonds. The van der Waals surface area contributed by atoms with Crippen LogP contribution in [-0.4, -0.2) is 15.9 Å². The minimum absolute atomic E-state index is 0.0262. The van der Waals surface area contributed by atoms with Gasteiger partial charge >= 0.3 is 0 Å². The number of hydrogen-bond acceptors (Lipinski definition) is 4. The zero-order valence-corrected chi connectivity index (χ0v) is 24.6. The summed E-state index contributed by atoms with van der Waals surface area (Å²) in [5.41, 5.74) is 2.31. The fourth-order valence-electron chi connectivity index (χ4n) is 3.28. The quantitative estimate of drug-likeness (QED) is 0.190. The van der Waals surface area contributed by atoms with E-state index in [-0.39, 0.29) is 11.5 Å². The number of rotatable bonds is 6. The predicted octanol–water partition coefficient (Wildman–Crippen LogP) is 8.03. The first-order valence-electron chi connectivity index (χ1n) is 10.4. The maximum atomic E-state index is 13.2. The molecule has 9 heteroatoms. The van der Waals surface area contributed by atoms with Gasteiger partial charge in [-0.15, -0.1) is 0 Å². The third-order valence-corrected chi connectivity index (χ3v) is 7.37. The lowest BCUT2D eigenvalue weighted by Gasteiger charge is -2.12. The van der Waals surface area contributed by atoms with Crippen LogP contribution in [0.5, 0.6) is 5.75 Å². The van der Waals surface area contributed by atoms with E-state index in [9.17, 15) is 4.79 Å². The molecule has 0 bridgehead atoms. The topological polar surface area (TPSA) is 56.5 Å². The van der Waals surface area contributed by atoms with E-state index in [1.54, 1.807) is 12.3 Å². The number of halogens is 4. The van der Waals surface area contributed by atoms with Gasteiger partial charge in [0, 0.05) is 24.9 Å². The Morgan fingerprint density at radius 2 is 1.71 bits per heavy atom. The van der Waals surface area contributed by atoms with E-state index in [2.05, 4.69) is 73.8 Å². The molecule has 0 N–H and O–H groups in total. The summed E-state index contributed by atoms with van der Waals surface area (Å²) in [6.07, 6.45) is 1.65. The van der Waals surface area contributed by atoms with E-state index >= 15 is 0 Å². The monoisotopic (exact) mass is 709 g/mol. The Balaban J connectivity index is 1.60. The summed E-state index contributed by atoms with van der Waals surface area (Å²) in [7, 11) is 0. The molecule has 0 atom stereocenters. The Morgan fingerprint density at radius 1 is 0.971 bits per heavy atom. The standard InChI is InChI=1S/C25H19Br4N3O2/c1-14(2)24-31-22-7-6-17(26)10-19(22)25(33)32(24)30-12-15-3-8-23(21(29)9-15)34-13-16-4-5-18(27)11-20(16)28/h3-12,14H,13H2,1-2H3. The minimum Gasteiger partial charge on any atom is -0.488 e. The van der Waals surface area contributed by atoms with Crippen LogP contribution in [0.3, 0.4) is 0 Å². The van der Waals surface area contributed by atoms with Crippen LogP contribution < -0.4 is 10.3 Å². The number of nitrogens with zero attached hydrogens (tertiary/aromatic N) is 3. The molecule has 0 fully saturated rings. The predicted molar refractivity (Wildman–Crippen MR) is 151 cm³/mol. The van der Waals surface area contributed by atoms with E-state index in [0.29, 0.717) is 29.1 Å². The summed E-state index contributed by atoms with van der Waals surface area (Å²) < 4.78 is 11.0. The van der Waals surface area contributed by atoms with E-state index in [1.807, 2.05) is 62.4 Å². The van der Waals surface area contributed by atoms with Crippen LogP contribution in [0.2, 0.25) is 0 Å². The van der Waals surface area contributed by atoms with Gasteiger partial charge in [0.1, 0.15) is 18.2 Å². The smallest absolute Gasteiger partial charge is 0.282 e. The number of benzene rings is 3. The van der Waals surface area contributed by atoms with Crippen molar-refractivity contribution in [1.29, 1.82) is 0 Å². The SMILES string of the molecule is CC(C)c1nc2ccc(Br)cc2c(=O)n1N=Cc1ccc(OCc2ccc(Br)cc2Br)c(Br)c1. The molecule has 0 saturated heterocycles. The molecule has 3 aromatic carbocycles. The molecule has 0 aliphatic heterocycles. The highest BCUT2D eigenvalue weighted by atomic mass is 79.9. The third kappa shape index (κ3) is 5.70. The molecular formula is C25H19Br4N3O2. The molecule has 0 aliphatic rings. The van der Waals surface area contributed by atoms with E-state index in [1.165, 1.54) is 4.68 Å². The first-order chi connectivity index (χ1) is 16.2. The lowest BCUT2D eigenvalue weighted by Crippen LogP contribution is -2.23. The van der Waals surface area contributed by atoms with Gasteiger partial charge in [0.05, 0.1) is 21.6 Å². The van der Waals surface area contributed by atoms with Crippen molar-refractivity contribution in [2.45, 2.75) is 26.4 Å². The molecule has 4 aromatic rings. The first kappa shape index (κ1) is 25.3. The number of hydrogen-bond donors (Lipinski definition) is 0. The van der Waals surface area contributed by atoms with Gasteiger partial charge in [-0.3, -0.25) is 4.79 Å². The second kappa shape index (κ2) is 10.8. The largest absolute Gasteiger partial charge is 0.488 e. The maximum absolute atomic E-state index is 13.2. The Morgan fingerprint density at radius 3 is 2.41 bits per heavy atom. The van der Waals surface area contributed by atoms with Crippen LogP contribution in [-0.2, 0) is 6.61 Å². The molecule has 0 unspecified atom stereocenters. The van der Waals surface area contributed by atoms with Gasteiger partial charge in [0.2, 0.25) is 0 Å². The third-order valence-electron chi connectivity index (χ3n) is 5.03. The highest BCUT2D eigenvalue weighted by molar-refractivity contribution is 9.11. The van der Waals surface area contributed by atoms with Gasteiger partial charge in [-0.25, -0.2) is 4.98 Å². The molecule has 1 heterocycles. The van der Waals surface area contributed by atoms with Gasteiger partial charge in [-0.05, 0) is 70.0 Å². The second-order valence-corrected chi connectivity index (χ2v) is 11.4. The molecule has 34 heavy (non-hydrogen) atoms. The summed E-state index contributed by atoms with van der Waals surface area (Å²) in [6, 6.07) is 17.1. The van der Waals surface area contributed by atoms with Crippen molar-refractivity contribution >= 4 is 80.8 Å². The lowest BCUT2D eigenvalue weighted by molar-refractivity contribution is 0.303. The number of aromatic nitrogens is 2. The molecular weight excluding hydrogens is 694 g/mol. The Hall–Kier alpha value is -1.81. The Labute approximate surface area is 230 Å². The highest BCUT2D eigenvalue weighted by Crippen LogP contribution is 2.28. The molecule has 4 rings (SSSR count). The lowest BCUT2D eigenvalue weighted by atomic mass is 10.2. The van der Waals surface area contributed by atoms with Crippen molar-refractivity contribution in [2.24, 2.45) is 5.10 Å². The molecule has 174 valence electrons. The van der Waals surface area contributed by atoms with Crippen LogP contribution in [0, 0.1) is 0 Å². The Bertz CT molecular complexity index is 1470. The van der Waals surface area contributed by atoms with E-state index in [4.69, 9.17) is 4.74 Å². The van der Waals surface area contributed by atoms with Crippen LogP contribution in [0.15, 0.2) is 82.4 Å². The number of fused-ring (bicyclic) bond motifs is 1. The van der Waals surface area contributed by atoms with Crippen molar-refractivity contribution < 1.29 is 4.74 Å². The van der Waals surface area contributed by atoms with Crippen molar-refractivity contribution in [3.05, 3.63) is 99.8 Å². The van der Waals surface area contributed by atoms with Gasteiger partial charge in [-0.1, -0.05) is 67.7 Å². The molecule has 5 nitrogen and oxygen atoms in total. The molecule has 0 saturated carbocycles. The zero-order chi connectivity index (χ0) is 24.4. The fourth-order valence-corrected chi connectivity index (χ4v) is 5.32. The second-order valence-electron chi connectivity index (χ2n) is 7.86. The average Bonchev–Trinajstić information content (AvgIpc) is 2.79. The summed E-state index contributed by atoms with van der Waals surface area (Å²) in [5.74, 6) is 1.35. The first-order valence-corrected chi connectivity index (χ1v) is 13.5. The summed E-state index contributed by atoms with van der Waals surface area (Å²) in [4.78, 5) is 17.8. The van der Waals surface area contributed by atoms with E-state index in [0.717, 1.165) is 29.0 Å². The molecule has 0 radical (unpaired) electrons. The summed E-state index contributed by atoms with van der Waals surface area (Å²) in [5, 5.41) is 5.00. The van der Waals surface area contributed by atoms with Crippen LogP contribution in [0.1, 0.15) is 36.7 Å². The van der Waals surface area contributed by atoms with Crippen LogP contribution in [0.25, 0.3) is 10.9 Å². The average molecular weight is 713 g/mol. The number of ether oxygens (including phenoxy) is 1. The van der Waals surface area contributed by atoms with E-state index < -0.39 is 0 Å². The minimum atomic E-state index is -0.203. The van der Waals surface area contributed by atoms with Gasteiger partial charge in [-0.2, -0.15) is 9.78 Å². The summed E-state index contributed by atoms with van der Waals surface area (Å²) in [6.45, 7) is 4.40. The fraction of sp³-hybridized carbons (Fsp3) is 0.160.